The molecule has 0 amide bonds. The molecule has 3 aromatic rings. The summed E-state index contributed by atoms with van der Waals surface area (Å²) in [5, 5.41) is 0. The fourth-order valence-electron chi connectivity index (χ4n) is 3.58. The van der Waals surface area contributed by atoms with Crippen molar-refractivity contribution in [3.05, 3.63) is 102 Å². The number of rotatable bonds is 9. The number of halogens is 1. The van der Waals surface area contributed by atoms with E-state index in [1.165, 1.54) is 11.6 Å². The van der Waals surface area contributed by atoms with Gasteiger partial charge in [-0.05, 0) is 73.2 Å². The van der Waals surface area contributed by atoms with Crippen molar-refractivity contribution in [3.8, 4) is 17.2 Å². The summed E-state index contributed by atoms with van der Waals surface area (Å²) < 4.78 is 25.5. The third-order valence-electron chi connectivity index (χ3n) is 5.45. The first kappa shape index (κ1) is 20.2. The van der Waals surface area contributed by atoms with Crippen LogP contribution in [0, 0.1) is 5.82 Å². The highest BCUT2D eigenvalue weighted by atomic mass is 19.1. The van der Waals surface area contributed by atoms with Crippen LogP contribution < -0.4 is 9.47 Å². The molecule has 0 atom stereocenters. The normalized spacial score (nSPS) is 14.6. The maximum atomic E-state index is 14.2. The average molecular weight is 403 g/mol. The zero-order valence-corrected chi connectivity index (χ0v) is 17.3. The first-order valence-corrected chi connectivity index (χ1v) is 10.6. The van der Waals surface area contributed by atoms with E-state index in [9.17, 15) is 4.39 Å². The molecule has 0 aromatic heterocycles. The summed E-state index contributed by atoms with van der Waals surface area (Å²) in [4.78, 5) is 0. The summed E-state index contributed by atoms with van der Waals surface area (Å²) in [7, 11) is 0. The van der Waals surface area contributed by atoms with E-state index in [0.29, 0.717) is 5.75 Å². The summed E-state index contributed by atoms with van der Waals surface area (Å²) in [5.41, 5.74) is 2.49. The van der Waals surface area contributed by atoms with E-state index in [0.717, 1.165) is 43.6 Å². The summed E-state index contributed by atoms with van der Waals surface area (Å²) in [5.74, 6) is 1.47. The van der Waals surface area contributed by atoms with E-state index in [1.807, 2.05) is 36.4 Å². The van der Waals surface area contributed by atoms with Crippen LogP contribution >= 0.6 is 0 Å². The zero-order valence-electron chi connectivity index (χ0n) is 17.3. The molecule has 2 nitrogen and oxygen atoms in total. The Morgan fingerprint density at radius 1 is 0.933 bits per heavy atom. The second-order valence-electron chi connectivity index (χ2n) is 7.82. The fraction of sp³-hybridized carbons (Fsp3) is 0.259. The van der Waals surface area contributed by atoms with Crippen molar-refractivity contribution in [1.82, 2.24) is 0 Å². The van der Waals surface area contributed by atoms with Gasteiger partial charge in [-0.1, -0.05) is 55.5 Å². The lowest BCUT2D eigenvalue weighted by Crippen LogP contribution is -2.03. The third kappa shape index (κ3) is 4.91. The number of benzene rings is 3. The minimum Gasteiger partial charge on any atom is -0.494 e. The van der Waals surface area contributed by atoms with Gasteiger partial charge in [0.1, 0.15) is 11.5 Å². The van der Waals surface area contributed by atoms with Gasteiger partial charge >= 0.3 is 0 Å². The molecule has 0 heterocycles. The molecule has 3 aromatic carbocycles. The molecule has 0 radical (unpaired) electrons. The molecule has 154 valence electrons. The van der Waals surface area contributed by atoms with Crippen molar-refractivity contribution in [1.29, 1.82) is 0 Å². The number of hydrogen-bond donors (Lipinski definition) is 0. The molecule has 0 unspecified atom stereocenters. The second-order valence-corrected chi connectivity index (χ2v) is 7.82. The highest BCUT2D eigenvalue weighted by Gasteiger charge is 2.41. The molecule has 1 saturated carbocycles. The molecule has 0 bridgehead atoms. The quantitative estimate of drug-likeness (QED) is 0.351. The topological polar surface area (TPSA) is 18.5 Å². The maximum absolute atomic E-state index is 14.2. The molecule has 0 aliphatic heterocycles. The monoisotopic (exact) mass is 402 g/mol. The number of ether oxygens (including phenoxy) is 2. The molecule has 3 heteroatoms. The molecule has 1 aliphatic carbocycles. The van der Waals surface area contributed by atoms with Gasteiger partial charge in [-0.15, -0.1) is 0 Å². The molecular formula is C27H27FO2. The lowest BCUT2D eigenvalue weighted by Gasteiger charge is -2.12. The van der Waals surface area contributed by atoms with Crippen LogP contribution in [0.4, 0.5) is 4.39 Å². The second kappa shape index (κ2) is 9.17. The van der Waals surface area contributed by atoms with Crippen molar-refractivity contribution in [3.63, 3.8) is 0 Å². The summed E-state index contributed by atoms with van der Waals surface area (Å²) >= 11 is 0. The Balaban J connectivity index is 1.41. The van der Waals surface area contributed by atoms with Crippen LogP contribution in [-0.4, -0.2) is 6.61 Å². The average Bonchev–Trinajstić information content (AvgIpc) is 3.56. The smallest absolute Gasteiger partial charge is 0.165 e. The van der Waals surface area contributed by atoms with Crippen LogP contribution in [-0.2, 0) is 11.8 Å². The Hall–Kier alpha value is -3.07. The minimum atomic E-state index is -0.351. The fourth-order valence-corrected chi connectivity index (χ4v) is 3.58. The van der Waals surface area contributed by atoms with Crippen LogP contribution in [0.1, 0.15) is 37.3 Å². The SMILES string of the molecule is CCCOc1ccc(C2(/C=C/Cc3ccc(F)c(Oc4ccccc4)c3)CC2)cc1. The number of hydrogen-bond acceptors (Lipinski definition) is 2. The van der Waals surface area contributed by atoms with Crippen LogP contribution in [0.3, 0.4) is 0 Å². The summed E-state index contributed by atoms with van der Waals surface area (Å²) in [6.07, 6.45) is 8.56. The van der Waals surface area contributed by atoms with Crippen molar-refractivity contribution in [2.24, 2.45) is 0 Å². The van der Waals surface area contributed by atoms with Gasteiger partial charge in [0.25, 0.3) is 0 Å². The largest absolute Gasteiger partial charge is 0.494 e. The van der Waals surface area contributed by atoms with Crippen molar-refractivity contribution < 1.29 is 13.9 Å². The predicted octanol–water partition coefficient (Wildman–Crippen LogP) is 7.24. The standard InChI is InChI=1S/C27H27FO2/c1-2-19-29-23-13-11-22(12-14-23)27(17-18-27)16-6-7-21-10-15-25(28)26(20-21)30-24-8-4-3-5-9-24/h3-6,8-16,20H,2,7,17-19H2,1H3/b16-6+. The molecule has 0 saturated heterocycles. The van der Waals surface area contributed by atoms with Crippen LogP contribution in [0.15, 0.2) is 84.9 Å². The van der Waals surface area contributed by atoms with Crippen molar-refractivity contribution in [2.45, 2.75) is 38.0 Å². The molecule has 1 fully saturated rings. The highest BCUT2D eigenvalue weighted by Crippen LogP contribution is 2.49. The maximum Gasteiger partial charge on any atom is 0.165 e. The molecule has 1 aliphatic rings. The Morgan fingerprint density at radius 2 is 1.70 bits per heavy atom. The van der Waals surface area contributed by atoms with E-state index in [2.05, 4.69) is 43.3 Å². The van der Waals surface area contributed by atoms with Crippen LogP contribution in [0.25, 0.3) is 0 Å². The lowest BCUT2D eigenvalue weighted by molar-refractivity contribution is 0.317. The predicted molar refractivity (Wildman–Crippen MR) is 119 cm³/mol. The Bertz CT molecular complexity index is 989. The van der Waals surface area contributed by atoms with E-state index in [-0.39, 0.29) is 17.0 Å². The van der Waals surface area contributed by atoms with Gasteiger partial charge in [-0.25, -0.2) is 4.39 Å². The Kier molecular flexibility index (Phi) is 6.18. The molecular weight excluding hydrogens is 375 g/mol. The minimum absolute atomic E-state index is 0.132. The molecule has 4 rings (SSSR count). The van der Waals surface area contributed by atoms with Crippen LogP contribution in [0.5, 0.6) is 17.2 Å². The third-order valence-corrected chi connectivity index (χ3v) is 5.45. The van der Waals surface area contributed by atoms with Crippen molar-refractivity contribution >= 4 is 0 Å². The number of allylic oxidation sites excluding steroid dienone is 2. The van der Waals surface area contributed by atoms with E-state index < -0.39 is 0 Å². The Morgan fingerprint density at radius 3 is 2.40 bits per heavy atom. The first-order valence-electron chi connectivity index (χ1n) is 10.6. The van der Waals surface area contributed by atoms with E-state index in [4.69, 9.17) is 9.47 Å². The van der Waals surface area contributed by atoms with Gasteiger partial charge in [0.15, 0.2) is 11.6 Å². The highest BCUT2D eigenvalue weighted by molar-refractivity contribution is 5.41. The van der Waals surface area contributed by atoms with Gasteiger partial charge in [-0.3, -0.25) is 0 Å². The van der Waals surface area contributed by atoms with Gasteiger partial charge in [0, 0.05) is 5.41 Å². The van der Waals surface area contributed by atoms with Gasteiger partial charge in [0.05, 0.1) is 6.61 Å². The van der Waals surface area contributed by atoms with E-state index >= 15 is 0 Å². The molecule has 0 N–H and O–H groups in total. The van der Waals surface area contributed by atoms with E-state index in [1.54, 1.807) is 6.07 Å². The molecule has 0 spiro atoms. The van der Waals surface area contributed by atoms with Gasteiger partial charge < -0.3 is 9.47 Å². The molecule has 30 heavy (non-hydrogen) atoms. The summed E-state index contributed by atoms with van der Waals surface area (Å²) in [6.45, 7) is 2.86. The Labute approximate surface area is 178 Å². The van der Waals surface area contributed by atoms with Crippen molar-refractivity contribution in [2.75, 3.05) is 6.61 Å². The first-order chi connectivity index (χ1) is 14.7. The lowest BCUT2D eigenvalue weighted by atomic mass is 9.94. The van der Waals surface area contributed by atoms with Gasteiger partial charge in [-0.2, -0.15) is 0 Å². The summed E-state index contributed by atoms with van der Waals surface area (Å²) in [6, 6.07) is 22.8. The zero-order chi connectivity index (χ0) is 20.8. The number of para-hydroxylation sites is 1. The van der Waals surface area contributed by atoms with Crippen LogP contribution in [0.2, 0.25) is 0 Å². The van der Waals surface area contributed by atoms with Gasteiger partial charge in [0.2, 0.25) is 0 Å².